The minimum Gasteiger partial charge on any atom is -0.410 e. The van der Waals surface area contributed by atoms with Gasteiger partial charge in [0.05, 0.1) is 0 Å². The predicted octanol–water partition coefficient (Wildman–Crippen LogP) is -0.708. The van der Waals surface area contributed by atoms with E-state index >= 15 is 0 Å². The molecule has 0 radical (unpaired) electrons. The van der Waals surface area contributed by atoms with Crippen molar-refractivity contribution in [3.05, 3.63) is 0 Å². The van der Waals surface area contributed by atoms with Crippen molar-refractivity contribution in [1.82, 2.24) is 0 Å². The Morgan fingerprint density at radius 2 is 2.00 bits per heavy atom. The zero-order valence-electron chi connectivity index (χ0n) is 3.14. The molecule has 5 nitrogen and oxygen atoms in total. The highest BCUT2D eigenvalue weighted by atomic mass is 32.2. The lowest BCUT2D eigenvalue weighted by atomic mass is 11.7. The molecule has 0 amide bonds. The summed E-state index contributed by atoms with van der Waals surface area (Å²) in [6.45, 7) is 0. The van der Waals surface area contributed by atoms with Crippen molar-refractivity contribution in [1.29, 1.82) is 0 Å². The van der Waals surface area contributed by atoms with E-state index in [1.807, 2.05) is 5.16 Å². The smallest absolute Gasteiger partial charge is 0.308 e. The molecule has 0 heterocycles. The lowest BCUT2D eigenvalue weighted by Crippen LogP contribution is -1.96. The molecule has 2 N–H and O–H groups in total. The highest BCUT2D eigenvalue weighted by Crippen LogP contribution is 1.69. The van der Waals surface area contributed by atoms with Gasteiger partial charge in [-0.25, -0.2) is 0 Å². The van der Waals surface area contributed by atoms with Gasteiger partial charge in [-0.2, -0.15) is 8.42 Å². The van der Waals surface area contributed by atoms with Gasteiger partial charge in [0.1, 0.15) is 0 Å². The van der Waals surface area contributed by atoms with Crippen LogP contribution in [-0.4, -0.2) is 23.7 Å². The highest BCUT2D eigenvalue weighted by Gasteiger charge is 1.93. The van der Waals surface area contributed by atoms with Gasteiger partial charge in [0, 0.05) is 0 Å². The fourth-order valence-electron chi connectivity index (χ4n) is 0.0596. The summed E-state index contributed by atoms with van der Waals surface area (Å²) < 4.78 is 26.6. The first-order valence-corrected chi connectivity index (χ1v) is 2.71. The molecule has 0 unspecified atom stereocenters. The third-order valence-electron chi connectivity index (χ3n) is 0.180. The normalized spacial score (nSPS) is 12.7. The number of oxime groups is 1. The molecule has 7 heavy (non-hydrogen) atoms. The molecule has 0 atom stereocenters. The highest BCUT2D eigenvalue weighted by molar-refractivity contribution is 7.99. The van der Waals surface area contributed by atoms with Crippen LogP contribution in [0.4, 0.5) is 0 Å². The van der Waals surface area contributed by atoms with Crippen LogP contribution < -0.4 is 0 Å². The topological polar surface area (TPSA) is 87.0 Å². The Bertz CT molecular complexity index is 155. The molecule has 0 aliphatic carbocycles. The average molecular weight is 125 g/mol. The Kier molecular flexibility index (Phi) is 1.73. The van der Waals surface area contributed by atoms with E-state index in [4.69, 9.17) is 9.76 Å². The summed E-state index contributed by atoms with van der Waals surface area (Å²) >= 11 is 0. The predicted molar refractivity (Wildman–Crippen MR) is 21.8 cm³/mol. The molecule has 0 fully saturated rings. The van der Waals surface area contributed by atoms with E-state index < -0.39 is 10.1 Å². The first kappa shape index (κ1) is 6.38. The third kappa shape index (κ3) is 5.38. The average Bonchev–Trinajstić information content (AvgIpc) is 1.30. The molecule has 0 bridgehead atoms. The summed E-state index contributed by atoms with van der Waals surface area (Å²) in [5.41, 5.74) is 0.0208. The van der Waals surface area contributed by atoms with Gasteiger partial charge in [0.25, 0.3) is 0 Å². The largest absolute Gasteiger partial charge is 0.410 e. The zero-order valence-corrected chi connectivity index (χ0v) is 3.96. The standard InChI is InChI=1S/CH3NO4S/c3-2-1-7(4,5)6/h1,3H,(H,4,5,6). The molecule has 0 saturated carbocycles. The molecular weight excluding hydrogens is 122 g/mol. The first-order chi connectivity index (χ1) is 3.06. The van der Waals surface area contributed by atoms with Crippen LogP contribution in [0.1, 0.15) is 0 Å². The lowest BCUT2D eigenvalue weighted by molar-refractivity contribution is 0.322. The van der Waals surface area contributed by atoms with Crippen LogP contribution in [0.3, 0.4) is 0 Å². The molecule has 0 aromatic rings. The monoisotopic (exact) mass is 125 g/mol. The lowest BCUT2D eigenvalue weighted by Gasteiger charge is -1.74. The van der Waals surface area contributed by atoms with Crippen LogP contribution in [0.15, 0.2) is 5.16 Å². The van der Waals surface area contributed by atoms with Gasteiger partial charge in [0.15, 0.2) is 5.55 Å². The van der Waals surface area contributed by atoms with E-state index in [1.165, 1.54) is 0 Å². The second-order valence-corrected chi connectivity index (χ2v) is 1.98. The van der Waals surface area contributed by atoms with E-state index in [0.717, 1.165) is 0 Å². The molecule has 0 aliphatic rings. The van der Waals surface area contributed by atoms with Crippen molar-refractivity contribution >= 4 is 15.7 Å². The first-order valence-electron chi connectivity index (χ1n) is 1.21. The van der Waals surface area contributed by atoms with E-state index in [9.17, 15) is 8.42 Å². The molecule has 0 aromatic carbocycles. The minimum absolute atomic E-state index is 0.0208. The van der Waals surface area contributed by atoms with Crippen LogP contribution >= 0.6 is 0 Å². The van der Waals surface area contributed by atoms with Crippen LogP contribution in [-0.2, 0) is 10.1 Å². The molecule has 0 aromatic heterocycles. The van der Waals surface area contributed by atoms with Crippen LogP contribution in [0.2, 0.25) is 0 Å². The number of hydrogen-bond acceptors (Lipinski definition) is 4. The summed E-state index contributed by atoms with van der Waals surface area (Å²) in [6, 6.07) is 0. The number of hydrogen-bond donors (Lipinski definition) is 2. The van der Waals surface area contributed by atoms with Crippen LogP contribution in [0, 0.1) is 0 Å². The number of rotatable bonds is 1. The molecule has 42 valence electrons. The van der Waals surface area contributed by atoms with Gasteiger partial charge in [-0.15, -0.1) is 0 Å². The van der Waals surface area contributed by atoms with E-state index in [0.29, 0.717) is 0 Å². The Hall–Kier alpha value is -0.620. The molecule has 0 rings (SSSR count). The third-order valence-corrected chi connectivity index (χ3v) is 0.541. The fraction of sp³-hybridized carbons (Fsp3) is 0. The van der Waals surface area contributed by atoms with Gasteiger partial charge in [0.2, 0.25) is 0 Å². The maximum atomic E-state index is 9.48. The minimum atomic E-state index is -4.22. The molecule has 0 spiro atoms. The van der Waals surface area contributed by atoms with Crippen molar-refractivity contribution in [2.75, 3.05) is 0 Å². The van der Waals surface area contributed by atoms with Crippen molar-refractivity contribution in [2.24, 2.45) is 5.16 Å². The fourth-order valence-corrected chi connectivity index (χ4v) is 0.179. The van der Waals surface area contributed by atoms with Crippen LogP contribution in [0.5, 0.6) is 0 Å². The zero-order chi connectivity index (χ0) is 5.91. The molecule has 0 aliphatic heterocycles. The summed E-state index contributed by atoms with van der Waals surface area (Å²) in [4.78, 5) is 0. The second kappa shape index (κ2) is 1.90. The van der Waals surface area contributed by atoms with Gasteiger partial charge in [-0.3, -0.25) is 4.55 Å². The van der Waals surface area contributed by atoms with Crippen LogP contribution in [0.25, 0.3) is 0 Å². The van der Waals surface area contributed by atoms with E-state index in [1.54, 1.807) is 0 Å². The van der Waals surface area contributed by atoms with E-state index in [-0.39, 0.29) is 5.55 Å². The Labute approximate surface area is 40.0 Å². The maximum Gasteiger partial charge on any atom is 0.308 e. The Balaban J connectivity index is 4.13. The van der Waals surface area contributed by atoms with Crippen molar-refractivity contribution in [3.8, 4) is 0 Å². The van der Waals surface area contributed by atoms with Crippen molar-refractivity contribution in [2.45, 2.75) is 0 Å². The summed E-state index contributed by atoms with van der Waals surface area (Å²) in [7, 11) is -4.22. The number of nitrogens with zero attached hydrogens (tertiary/aromatic N) is 1. The van der Waals surface area contributed by atoms with Gasteiger partial charge in [-0.1, -0.05) is 5.16 Å². The molecular formula is CH3NO4S. The van der Waals surface area contributed by atoms with Crippen molar-refractivity contribution < 1.29 is 18.2 Å². The Morgan fingerprint density at radius 3 is 2.00 bits per heavy atom. The summed E-state index contributed by atoms with van der Waals surface area (Å²) in [5, 5.41) is 9.48. The van der Waals surface area contributed by atoms with Gasteiger partial charge < -0.3 is 5.21 Å². The quantitative estimate of drug-likeness (QED) is 0.159. The van der Waals surface area contributed by atoms with Gasteiger partial charge >= 0.3 is 10.1 Å². The summed E-state index contributed by atoms with van der Waals surface area (Å²) in [6.07, 6.45) is 0. The SMILES string of the molecule is O=S(=O)(O)C=NO. The summed E-state index contributed by atoms with van der Waals surface area (Å²) in [5.74, 6) is 0. The Morgan fingerprint density at radius 1 is 1.57 bits per heavy atom. The molecule has 0 saturated heterocycles. The molecule has 6 heteroatoms. The van der Waals surface area contributed by atoms with Gasteiger partial charge in [-0.05, 0) is 0 Å². The second-order valence-electron chi connectivity index (χ2n) is 0.736. The van der Waals surface area contributed by atoms with E-state index in [2.05, 4.69) is 0 Å². The van der Waals surface area contributed by atoms with Crippen molar-refractivity contribution in [3.63, 3.8) is 0 Å². The maximum absolute atomic E-state index is 9.48.